The maximum Gasteiger partial charge on any atom is 0.324 e. The molecule has 2 N–H and O–H groups in total. The number of hydrogen-bond donors (Lipinski definition) is 2. The number of nitrogens with zero attached hydrogens (tertiary/aromatic N) is 1. The van der Waals surface area contributed by atoms with Crippen LogP contribution < -0.4 is 5.32 Å². The first-order chi connectivity index (χ1) is 6.98. The van der Waals surface area contributed by atoms with Crippen LogP contribution in [0.25, 0.3) is 0 Å². The maximum absolute atomic E-state index is 11.1. The summed E-state index contributed by atoms with van der Waals surface area (Å²) in [7, 11) is 1.71. The summed E-state index contributed by atoms with van der Waals surface area (Å²) >= 11 is 0. The molecule has 1 aliphatic rings. The van der Waals surface area contributed by atoms with Crippen LogP contribution in [0.2, 0.25) is 0 Å². The highest BCUT2D eigenvalue weighted by atomic mass is 16.4. The highest BCUT2D eigenvalue weighted by Crippen LogP contribution is 2.17. The Morgan fingerprint density at radius 2 is 2.33 bits per heavy atom. The topological polar surface area (TPSA) is 52.6 Å². The van der Waals surface area contributed by atoms with Gasteiger partial charge in [0.05, 0.1) is 0 Å². The van der Waals surface area contributed by atoms with Crippen LogP contribution in [0, 0.1) is 5.92 Å². The zero-order chi connectivity index (χ0) is 11.5. The van der Waals surface area contributed by atoms with Crippen molar-refractivity contribution in [3.63, 3.8) is 0 Å². The van der Waals surface area contributed by atoms with Crippen LogP contribution in [0.4, 0.5) is 0 Å². The van der Waals surface area contributed by atoms with E-state index in [1.807, 2.05) is 0 Å². The summed E-state index contributed by atoms with van der Waals surface area (Å²) in [5.41, 5.74) is -0.822. The van der Waals surface area contributed by atoms with Crippen molar-refractivity contribution in [3.8, 4) is 0 Å². The summed E-state index contributed by atoms with van der Waals surface area (Å²) < 4.78 is 0. The molecule has 1 heterocycles. The third-order valence-electron chi connectivity index (χ3n) is 3.30. The van der Waals surface area contributed by atoms with Gasteiger partial charge in [-0.25, -0.2) is 0 Å². The quantitative estimate of drug-likeness (QED) is 0.726. The number of hydrogen-bond acceptors (Lipinski definition) is 3. The van der Waals surface area contributed by atoms with Gasteiger partial charge in [-0.05, 0) is 39.3 Å². The molecule has 2 atom stereocenters. The number of aliphatic carboxylic acids is 1. The van der Waals surface area contributed by atoms with Gasteiger partial charge in [0, 0.05) is 13.1 Å². The fourth-order valence-electron chi connectivity index (χ4n) is 2.13. The molecule has 0 amide bonds. The van der Waals surface area contributed by atoms with Crippen LogP contribution in [-0.4, -0.2) is 48.2 Å². The molecular weight excluding hydrogens is 192 g/mol. The Morgan fingerprint density at radius 3 is 2.80 bits per heavy atom. The van der Waals surface area contributed by atoms with Crippen LogP contribution in [0.15, 0.2) is 0 Å². The smallest absolute Gasteiger partial charge is 0.324 e. The second-order valence-corrected chi connectivity index (χ2v) is 4.87. The van der Waals surface area contributed by atoms with Gasteiger partial charge in [0.15, 0.2) is 0 Å². The molecule has 88 valence electrons. The first-order valence-electron chi connectivity index (χ1n) is 5.62. The molecule has 0 saturated carbocycles. The number of nitrogens with one attached hydrogen (secondary N) is 1. The lowest BCUT2D eigenvalue weighted by molar-refractivity contribution is -0.145. The summed E-state index contributed by atoms with van der Waals surface area (Å²) in [5.74, 6) is -0.0862. The van der Waals surface area contributed by atoms with Gasteiger partial charge in [0.1, 0.15) is 5.54 Å². The van der Waals surface area contributed by atoms with E-state index in [1.165, 1.54) is 12.8 Å². The van der Waals surface area contributed by atoms with Gasteiger partial charge in [0.2, 0.25) is 0 Å². The molecule has 4 heteroatoms. The summed E-state index contributed by atoms with van der Waals surface area (Å²) in [6, 6.07) is 0. The number of piperidine rings is 1. The molecule has 15 heavy (non-hydrogen) atoms. The third-order valence-corrected chi connectivity index (χ3v) is 3.30. The van der Waals surface area contributed by atoms with Crippen molar-refractivity contribution in [2.24, 2.45) is 5.92 Å². The van der Waals surface area contributed by atoms with Gasteiger partial charge in [-0.1, -0.05) is 6.92 Å². The number of likely N-dealkylation sites (tertiary alicyclic amines) is 1. The lowest BCUT2D eigenvalue weighted by atomic mass is 9.96. The summed E-state index contributed by atoms with van der Waals surface area (Å²) in [6.45, 7) is 6.60. The van der Waals surface area contributed by atoms with Crippen molar-refractivity contribution in [3.05, 3.63) is 0 Å². The van der Waals surface area contributed by atoms with E-state index < -0.39 is 11.5 Å². The van der Waals surface area contributed by atoms with Crippen LogP contribution in [0.5, 0.6) is 0 Å². The van der Waals surface area contributed by atoms with Crippen molar-refractivity contribution >= 4 is 5.97 Å². The van der Waals surface area contributed by atoms with E-state index in [-0.39, 0.29) is 0 Å². The van der Waals surface area contributed by atoms with E-state index in [1.54, 1.807) is 14.0 Å². The van der Waals surface area contributed by atoms with Crippen molar-refractivity contribution in [1.82, 2.24) is 10.2 Å². The Bertz CT molecular complexity index is 233. The number of likely N-dealkylation sites (N-methyl/N-ethyl adjacent to an activating group) is 1. The van der Waals surface area contributed by atoms with Gasteiger partial charge in [-0.2, -0.15) is 0 Å². The average Bonchev–Trinajstić information content (AvgIpc) is 2.17. The minimum absolute atomic E-state index is 0.586. The molecule has 0 aromatic heterocycles. The van der Waals surface area contributed by atoms with Gasteiger partial charge in [-0.3, -0.25) is 4.79 Å². The Kier molecular flexibility index (Phi) is 4.11. The fourth-order valence-corrected chi connectivity index (χ4v) is 2.13. The maximum atomic E-state index is 11.1. The monoisotopic (exact) mass is 214 g/mol. The highest BCUT2D eigenvalue weighted by molar-refractivity contribution is 5.78. The van der Waals surface area contributed by atoms with Crippen LogP contribution in [0.3, 0.4) is 0 Å². The predicted molar refractivity (Wildman–Crippen MR) is 59.9 cm³/mol. The molecule has 0 aliphatic carbocycles. The van der Waals surface area contributed by atoms with Gasteiger partial charge in [-0.15, -0.1) is 0 Å². The molecule has 0 bridgehead atoms. The minimum Gasteiger partial charge on any atom is -0.480 e. The van der Waals surface area contributed by atoms with Gasteiger partial charge < -0.3 is 15.3 Å². The molecule has 1 saturated heterocycles. The second-order valence-electron chi connectivity index (χ2n) is 4.87. The molecular formula is C11H22N2O2. The van der Waals surface area contributed by atoms with E-state index in [0.29, 0.717) is 12.5 Å². The lowest BCUT2D eigenvalue weighted by Crippen LogP contribution is -2.56. The minimum atomic E-state index is -0.822. The predicted octanol–water partition coefficient (Wildman–Crippen LogP) is 0.781. The Morgan fingerprint density at radius 1 is 1.67 bits per heavy atom. The molecule has 0 aromatic carbocycles. The third kappa shape index (κ3) is 3.18. The van der Waals surface area contributed by atoms with Crippen LogP contribution >= 0.6 is 0 Å². The molecule has 1 aliphatic heterocycles. The number of rotatable bonds is 4. The van der Waals surface area contributed by atoms with Crippen molar-refractivity contribution < 1.29 is 9.90 Å². The van der Waals surface area contributed by atoms with E-state index >= 15 is 0 Å². The Balaban J connectivity index is 2.54. The van der Waals surface area contributed by atoms with Crippen molar-refractivity contribution in [1.29, 1.82) is 0 Å². The summed E-state index contributed by atoms with van der Waals surface area (Å²) in [5, 5.41) is 12.0. The van der Waals surface area contributed by atoms with E-state index in [2.05, 4.69) is 17.1 Å². The van der Waals surface area contributed by atoms with Crippen molar-refractivity contribution in [2.75, 3.05) is 26.7 Å². The fraction of sp³-hybridized carbons (Fsp3) is 0.909. The molecule has 1 fully saturated rings. The van der Waals surface area contributed by atoms with E-state index in [4.69, 9.17) is 5.11 Å². The SMILES string of the molecule is CNC(C)(CN1CCCC(C)C1)C(=O)O. The second kappa shape index (κ2) is 4.94. The lowest BCUT2D eigenvalue weighted by Gasteiger charge is -2.36. The van der Waals surface area contributed by atoms with Gasteiger partial charge in [0.25, 0.3) is 0 Å². The van der Waals surface area contributed by atoms with Crippen LogP contribution in [0.1, 0.15) is 26.7 Å². The van der Waals surface area contributed by atoms with E-state index in [0.717, 1.165) is 13.1 Å². The summed E-state index contributed by atoms with van der Waals surface area (Å²) in [4.78, 5) is 13.4. The highest BCUT2D eigenvalue weighted by Gasteiger charge is 2.34. The summed E-state index contributed by atoms with van der Waals surface area (Å²) in [6.07, 6.45) is 2.44. The number of carboxylic acids is 1. The number of carbonyl (C=O) groups is 1. The molecule has 2 unspecified atom stereocenters. The van der Waals surface area contributed by atoms with Crippen molar-refractivity contribution in [2.45, 2.75) is 32.2 Å². The zero-order valence-corrected chi connectivity index (χ0v) is 9.92. The Labute approximate surface area is 91.6 Å². The molecule has 4 nitrogen and oxygen atoms in total. The zero-order valence-electron chi connectivity index (χ0n) is 9.92. The molecule has 0 aromatic rings. The molecule has 1 rings (SSSR count). The Hall–Kier alpha value is -0.610. The first kappa shape index (κ1) is 12.5. The van der Waals surface area contributed by atoms with Gasteiger partial charge >= 0.3 is 5.97 Å². The normalized spacial score (nSPS) is 27.3. The largest absolute Gasteiger partial charge is 0.480 e. The van der Waals surface area contributed by atoms with E-state index in [9.17, 15) is 4.79 Å². The molecule has 0 spiro atoms. The average molecular weight is 214 g/mol. The number of carboxylic acid groups (broad SMARTS) is 1. The van der Waals surface area contributed by atoms with Crippen LogP contribution in [-0.2, 0) is 4.79 Å². The molecule has 0 radical (unpaired) electrons. The first-order valence-corrected chi connectivity index (χ1v) is 5.62. The standard InChI is InChI=1S/C11H22N2O2/c1-9-5-4-6-13(7-9)8-11(2,12-3)10(14)15/h9,12H,4-8H2,1-3H3,(H,14,15).